The van der Waals surface area contributed by atoms with E-state index in [1.54, 1.807) is 12.1 Å². The molecular weight excluding hydrogens is 478 g/mol. The zero-order valence-electron chi connectivity index (χ0n) is 22.3. The molecule has 1 fully saturated rings. The lowest BCUT2D eigenvalue weighted by molar-refractivity contribution is -0.138. The van der Waals surface area contributed by atoms with Gasteiger partial charge in [0.05, 0.1) is 29.2 Å². The Hall–Kier alpha value is -4.12. The fourth-order valence-electron chi connectivity index (χ4n) is 5.31. The van der Waals surface area contributed by atoms with E-state index in [4.69, 9.17) is 5.26 Å². The number of carboxylic acid groups (broad SMARTS) is 1. The smallest absolute Gasteiger partial charge is 0.323 e. The average Bonchev–Trinajstić information content (AvgIpc) is 3.38. The molecule has 0 aliphatic heterocycles. The second-order valence-corrected chi connectivity index (χ2v) is 10.9. The van der Waals surface area contributed by atoms with Crippen molar-refractivity contribution in [3.63, 3.8) is 0 Å². The summed E-state index contributed by atoms with van der Waals surface area (Å²) in [6.07, 6.45) is 8.29. The normalized spacial score (nSPS) is 19.7. The number of carbonyl (C=O) groups is 2. The molecule has 3 N–H and O–H groups in total. The summed E-state index contributed by atoms with van der Waals surface area (Å²) in [6.45, 7) is 10.3. The van der Waals surface area contributed by atoms with Crippen LogP contribution in [0.5, 0.6) is 0 Å². The van der Waals surface area contributed by atoms with E-state index in [2.05, 4.69) is 54.3 Å². The summed E-state index contributed by atoms with van der Waals surface area (Å²) in [5.74, 6) is -0.624. The van der Waals surface area contributed by atoms with Crippen LogP contribution in [0.15, 0.2) is 60.3 Å². The van der Waals surface area contributed by atoms with Gasteiger partial charge in [-0.1, -0.05) is 57.6 Å². The van der Waals surface area contributed by atoms with E-state index >= 15 is 0 Å². The maximum absolute atomic E-state index is 13.1. The molecule has 1 aromatic heterocycles. The van der Waals surface area contributed by atoms with Crippen LogP contribution >= 0.6 is 0 Å². The molecule has 198 valence electrons. The van der Waals surface area contributed by atoms with Gasteiger partial charge in [0.25, 0.3) is 0 Å². The molecule has 2 aliphatic carbocycles. The number of aromatic nitrogens is 1. The van der Waals surface area contributed by atoms with E-state index < -0.39 is 17.9 Å². The van der Waals surface area contributed by atoms with Gasteiger partial charge in [-0.3, -0.25) is 4.79 Å². The fraction of sp³-hybridized carbons (Fsp3) is 0.400. The van der Waals surface area contributed by atoms with Crippen LogP contribution in [-0.2, 0) is 4.79 Å². The van der Waals surface area contributed by atoms with E-state index in [-0.39, 0.29) is 17.5 Å². The van der Waals surface area contributed by atoms with Crippen LogP contribution < -0.4 is 15.5 Å². The number of amides is 2. The molecule has 2 aliphatic rings. The van der Waals surface area contributed by atoms with E-state index in [0.29, 0.717) is 23.2 Å². The number of nitrogens with zero attached hydrogens (tertiary/aromatic N) is 3. The summed E-state index contributed by atoms with van der Waals surface area (Å²) in [7, 11) is 0. The first-order valence-electron chi connectivity index (χ1n) is 13.1. The third kappa shape index (κ3) is 6.23. The summed E-state index contributed by atoms with van der Waals surface area (Å²) in [5, 5.41) is 24.7. The number of nitriles is 1. The number of hydrogen-bond acceptors (Lipinski definition) is 5. The first-order valence-corrected chi connectivity index (χ1v) is 13.1. The monoisotopic (exact) mass is 513 g/mol. The molecule has 3 atom stereocenters. The number of hydrogen-bond donors (Lipinski definition) is 3. The van der Waals surface area contributed by atoms with Gasteiger partial charge in [0.2, 0.25) is 0 Å². The highest BCUT2D eigenvalue weighted by Crippen LogP contribution is 2.59. The zero-order valence-corrected chi connectivity index (χ0v) is 22.3. The number of nitrogens with one attached hydrogen (secondary N) is 2. The van der Waals surface area contributed by atoms with Gasteiger partial charge in [-0.25, -0.2) is 9.78 Å². The van der Waals surface area contributed by atoms with Gasteiger partial charge < -0.3 is 20.6 Å². The number of rotatable bonds is 10. The SMILES string of the molecule is CC(C)CN(CC(C)C)c1ccc([C@@H]2C(C3=CC=CC3)[C@@H]2C(=O)O)cc1NC(=O)Nc1ccc(C#N)nc1. The number of carboxylic acids is 1. The molecule has 1 unspecified atom stereocenters. The van der Waals surface area contributed by atoms with Gasteiger partial charge in [0.1, 0.15) is 11.8 Å². The summed E-state index contributed by atoms with van der Waals surface area (Å²) in [4.78, 5) is 31.4. The van der Waals surface area contributed by atoms with Crippen LogP contribution in [0.2, 0.25) is 0 Å². The molecule has 0 radical (unpaired) electrons. The summed E-state index contributed by atoms with van der Waals surface area (Å²) < 4.78 is 0. The molecule has 0 saturated heterocycles. The second-order valence-electron chi connectivity index (χ2n) is 10.9. The number of aliphatic carboxylic acids is 1. The van der Waals surface area contributed by atoms with E-state index in [1.807, 2.05) is 36.4 Å². The Labute approximate surface area is 224 Å². The Kier molecular flexibility index (Phi) is 8.16. The lowest BCUT2D eigenvalue weighted by Crippen LogP contribution is -2.32. The number of urea groups is 1. The van der Waals surface area contributed by atoms with Crippen molar-refractivity contribution in [1.29, 1.82) is 5.26 Å². The minimum absolute atomic E-state index is 0.0396. The van der Waals surface area contributed by atoms with Gasteiger partial charge in [0, 0.05) is 24.9 Å². The first-order chi connectivity index (χ1) is 18.2. The van der Waals surface area contributed by atoms with Crippen molar-refractivity contribution in [2.75, 3.05) is 28.6 Å². The Balaban J connectivity index is 1.65. The third-order valence-electron chi connectivity index (χ3n) is 6.83. The van der Waals surface area contributed by atoms with Crippen molar-refractivity contribution in [1.82, 2.24) is 4.98 Å². The second kappa shape index (κ2) is 11.5. The molecule has 2 aromatic rings. The Morgan fingerprint density at radius 2 is 1.84 bits per heavy atom. The van der Waals surface area contributed by atoms with E-state index in [9.17, 15) is 14.7 Å². The average molecular weight is 514 g/mol. The molecule has 38 heavy (non-hydrogen) atoms. The van der Waals surface area contributed by atoms with Crippen molar-refractivity contribution in [3.05, 3.63) is 71.6 Å². The standard InChI is InChI=1S/C30H35N5O3/c1-18(2)16-35(17-19(3)4)25-12-9-21(27-26(28(27)29(36)37)20-7-5-6-8-20)13-24(25)34-30(38)33-23-11-10-22(14-31)32-15-23/h5-7,9-13,15,18-19,26-28H,8,16-17H2,1-4H3,(H,36,37)(H2,33,34,38)/t26?,27-,28+/m1/s1. The van der Waals surface area contributed by atoms with Crippen molar-refractivity contribution < 1.29 is 14.7 Å². The number of carbonyl (C=O) groups excluding carboxylic acids is 1. The minimum atomic E-state index is -0.793. The van der Waals surface area contributed by atoms with Gasteiger partial charge >= 0.3 is 12.0 Å². The van der Waals surface area contributed by atoms with Crippen LogP contribution in [0.1, 0.15) is 51.3 Å². The highest BCUT2D eigenvalue weighted by molar-refractivity contribution is 6.02. The largest absolute Gasteiger partial charge is 0.481 e. The maximum atomic E-state index is 13.1. The lowest BCUT2D eigenvalue weighted by atomic mass is 10.0. The van der Waals surface area contributed by atoms with Crippen molar-refractivity contribution in [2.24, 2.45) is 23.7 Å². The van der Waals surface area contributed by atoms with Crippen LogP contribution in [0.4, 0.5) is 21.9 Å². The molecule has 1 saturated carbocycles. The molecule has 8 heteroatoms. The van der Waals surface area contributed by atoms with Crippen LogP contribution in [0.3, 0.4) is 0 Å². The fourth-order valence-corrected chi connectivity index (χ4v) is 5.31. The number of benzene rings is 1. The predicted molar refractivity (Wildman–Crippen MR) is 149 cm³/mol. The molecule has 8 nitrogen and oxygen atoms in total. The Bertz CT molecular complexity index is 1280. The van der Waals surface area contributed by atoms with E-state index in [1.165, 1.54) is 6.20 Å². The summed E-state index contributed by atoms with van der Waals surface area (Å²) >= 11 is 0. The zero-order chi connectivity index (χ0) is 27.4. The highest BCUT2D eigenvalue weighted by Gasteiger charge is 2.57. The predicted octanol–water partition coefficient (Wildman–Crippen LogP) is 6.02. The topological polar surface area (TPSA) is 118 Å². The number of allylic oxidation sites excluding steroid dienone is 4. The van der Waals surface area contributed by atoms with Crippen molar-refractivity contribution in [2.45, 2.75) is 40.0 Å². The summed E-state index contributed by atoms with van der Waals surface area (Å²) in [5.41, 5.74) is 4.32. The van der Waals surface area contributed by atoms with Gasteiger partial charge in [-0.15, -0.1) is 0 Å². The van der Waals surface area contributed by atoms with E-state index in [0.717, 1.165) is 36.3 Å². The molecule has 1 heterocycles. The minimum Gasteiger partial charge on any atom is -0.481 e. The molecule has 2 amide bonds. The highest BCUT2D eigenvalue weighted by atomic mass is 16.4. The number of anilines is 3. The van der Waals surface area contributed by atoms with Crippen LogP contribution in [0.25, 0.3) is 0 Å². The first kappa shape index (κ1) is 26.9. The molecule has 1 aromatic carbocycles. The Morgan fingerprint density at radius 3 is 2.39 bits per heavy atom. The van der Waals surface area contributed by atoms with Crippen LogP contribution in [0, 0.1) is 35.0 Å². The van der Waals surface area contributed by atoms with Crippen LogP contribution in [-0.4, -0.2) is 35.2 Å². The quantitative estimate of drug-likeness (QED) is 0.358. The Morgan fingerprint density at radius 1 is 1.11 bits per heavy atom. The number of pyridine rings is 1. The molecule has 4 rings (SSSR count). The maximum Gasteiger partial charge on any atom is 0.323 e. The lowest BCUT2D eigenvalue weighted by Gasteiger charge is -2.31. The summed E-state index contributed by atoms with van der Waals surface area (Å²) in [6, 6.07) is 10.7. The van der Waals surface area contributed by atoms with Crippen molar-refractivity contribution in [3.8, 4) is 6.07 Å². The molecule has 0 spiro atoms. The van der Waals surface area contributed by atoms with Gasteiger partial charge in [-0.2, -0.15) is 5.26 Å². The van der Waals surface area contributed by atoms with Crippen molar-refractivity contribution >= 4 is 29.1 Å². The van der Waals surface area contributed by atoms with Gasteiger partial charge in [0.15, 0.2) is 0 Å². The molecular formula is C30H35N5O3. The van der Waals surface area contributed by atoms with Gasteiger partial charge in [-0.05, 0) is 48.1 Å². The molecule has 0 bridgehead atoms. The third-order valence-corrected chi connectivity index (χ3v) is 6.83.